The summed E-state index contributed by atoms with van der Waals surface area (Å²) in [5.74, 6) is -0.737. The highest BCUT2D eigenvalue weighted by atomic mass is 16.1. The quantitative estimate of drug-likeness (QED) is 0.682. The van der Waals surface area contributed by atoms with Crippen molar-refractivity contribution in [3.63, 3.8) is 0 Å². The number of benzene rings is 2. The molecule has 0 aromatic heterocycles. The van der Waals surface area contributed by atoms with E-state index in [2.05, 4.69) is 0 Å². The van der Waals surface area contributed by atoms with E-state index in [-0.39, 0.29) is 5.78 Å². The lowest BCUT2D eigenvalue weighted by Crippen LogP contribution is -2.15. The van der Waals surface area contributed by atoms with Crippen LogP contribution in [0.3, 0.4) is 0 Å². The molecule has 2 aromatic rings. The van der Waals surface area contributed by atoms with Crippen molar-refractivity contribution < 1.29 is 4.79 Å². The first kappa shape index (κ1) is 9.80. The van der Waals surface area contributed by atoms with Crippen LogP contribution in [0.1, 0.15) is 15.9 Å². The Kier molecular flexibility index (Phi) is 2.06. The van der Waals surface area contributed by atoms with Crippen LogP contribution in [0, 0.1) is 17.2 Å². The van der Waals surface area contributed by atoms with Gasteiger partial charge in [-0.3, -0.25) is 4.79 Å². The number of ketones is 1. The van der Waals surface area contributed by atoms with Gasteiger partial charge in [0.1, 0.15) is 5.92 Å². The van der Waals surface area contributed by atoms with E-state index in [4.69, 9.17) is 5.26 Å². The molecule has 0 radical (unpaired) electrons. The second kappa shape index (κ2) is 3.57. The molecule has 2 aromatic carbocycles. The lowest BCUT2D eigenvalue weighted by atomic mass is 9.86. The molecule has 0 amide bonds. The zero-order valence-electron chi connectivity index (χ0n) is 9.05. The molecule has 1 atom stereocenters. The SMILES string of the molecule is N#CC1C=Cc2c(ccc3ccccc23)C1=O. The zero-order valence-corrected chi connectivity index (χ0v) is 9.05. The number of hydrogen-bond donors (Lipinski definition) is 0. The molecule has 0 heterocycles. The first-order valence-electron chi connectivity index (χ1n) is 5.45. The van der Waals surface area contributed by atoms with Crippen LogP contribution >= 0.6 is 0 Å². The Balaban J connectivity index is 2.34. The maximum absolute atomic E-state index is 12.0. The van der Waals surface area contributed by atoms with E-state index in [0.717, 1.165) is 16.3 Å². The number of rotatable bonds is 0. The summed E-state index contributed by atoms with van der Waals surface area (Å²) >= 11 is 0. The fraction of sp³-hybridized carbons (Fsp3) is 0.0667. The molecule has 1 unspecified atom stereocenters. The molecule has 2 nitrogen and oxygen atoms in total. The van der Waals surface area contributed by atoms with Gasteiger partial charge in [-0.05, 0) is 16.3 Å². The molecule has 2 heteroatoms. The minimum Gasteiger partial charge on any atom is -0.292 e. The molecule has 0 spiro atoms. The van der Waals surface area contributed by atoms with Crippen molar-refractivity contribution in [1.82, 2.24) is 0 Å². The van der Waals surface area contributed by atoms with Gasteiger partial charge in [0, 0.05) is 5.56 Å². The molecule has 0 saturated heterocycles. The van der Waals surface area contributed by atoms with Crippen LogP contribution in [-0.4, -0.2) is 5.78 Å². The van der Waals surface area contributed by atoms with Gasteiger partial charge in [0.05, 0.1) is 6.07 Å². The van der Waals surface area contributed by atoms with Crippen LogP contribution in [0.5, 0.6) is 0 Å². The highest BCUT2D eigenvalue weighted by Gasteiger charge is 2.23. The lowest BCUT2D eigenvalue weighted by molar-refractivity contribution is 0.0966. The Bertz CT molecular complexity index is 692. The second-order valence-corrected chi connectivity index (χ2v) is 4.08. The van der Waals surface area contributed by atoms with E-state index in [1.165, 1.54) is 0 Å². The third kappa shape index (κ3) is 1.37. The van der Waals surface area contributed by atoms with Crippen molar-refractivity contribution >= 4 is 22.6 Å². The molecule has 0 saturated carbocycles. The third-order valence-electron chi connectivity index (χ3n) is 3.11. The summed E-state index contributed by atoms with van der Waals surface area (Å²) in [5.41, 5.74) is 1.58. The Labute approximate surface area is 98.8 Å². The average Bonchev–Trinajstić information content (AvgIpc) is 2.39. The van der Waals surface area contributed by atoms with Crippen LogP contribution in [0.2, 0.25) is 0 Å². The van der Waals surface area contributed by atoms with Crippen molar-refractivity contribution in [1.29, 1.82) is 5.26 Å². The number of fused-ring (bicyclic) bond motifs is 3. The molecule has 0 N–H and O–H groups in total. The number of Topliss-reactive ketones (excluding diaryl/α,β-unsaturated/α-hetero) is 1. The number of carbonyl (C=O) groups excluding carboxylic acids is 1. The number of hydrogen-bond acceptors (Lipinski definition) is 2. The predicted molar refractivity (Wildman–Crippen MR) is 66.4 cm³/mol. The maximum Gasteiger partial charge on any atom is 0.184 e. The normalized spacial score (nSPS) is 17.8. The number of allylic oxidation sites excluding steroid dienone is 1. The molecular formula is C15H9NO. The Morgan fingerprint density at radius 3 is 2.76 bits per heavy atom. The largest absolute Gasteiger partial charge is 0.292 e. The summed E-state index contributed by atoms with van der Waals surface area (Å²) in [6.45, 7) is 0. The van der Waals surface area contributed by atoms with Gasteiger partial charge < -0.3 is 0 Å². The van der Waals surface area contributed by atoms with Gasteiger partial charge in [0.25, 0.3) is 0 Å². The summed E-state index contributed by atoms with van der Waals surface area (Å²) < 4.78 is 0. The van der Waals surface area contributed by atoms with Crippen LogP contribution in [0.25, 0.3) is 16.8 Å². The van der Waals surface area contributed by atoms with Crippen molar-refractivity contribution in [3.8, 4) is 6.07 Å². The number of nitrogens with zero attached hydrogens (tertiary/aromatic N) is 1. The molecule has 80 valence electrons. The smallest absolute Gasteiger partial charge is 0.184 e. The first-order chi connectivity index (χ1) is 8.31. The Morgan fingerprint density at radius 1 is 1.12 bits per heavy atom. The first-order valence-corrected chi connectivity index (χ1v) is 5.45. The molecular weight excluding hydrogens is 210 g/mol. The van der Waals surface area contributed by atoms with Crippen LogP contribution < -0.4 is 0 Å². The Hall–Kier alpha value is -2.40. The molecule has 0 fully saturated rings. The van der Waals surface area contributed by atoms with Gasteiger partial charge in [-0.2, -0.15) is 5.26 Å². The third-order valence-corrected chi connectivity index (χ3v) is 3.11. The highest BCUT2D eigenvalue weighted by Crippen LogP contribution is 2.29. The van der Waals surface area contributed by atoms with Gasteiger partial charge in [0.15, 0.2) is 5.78 Å². The minimum absolute atomic E-state index is 0.101. The number of carbonyl (C=O) groups is 1. The minimum atomic E-state index is -0.635. The van der Waals surface area contributed by atoms with Gasteiger partial charge in [-0.25, -0.2) is 0 Å². The molecule has 1 aliphatic carbocycles. The fourth-order valence-electron chi connectivity index (χ4n) is 2.24. The van der Waals surface area contributed by atoms with Gasteiger partial charge in [-0.15, -0.1) is 0 Å². The molecule has 0 aliphatic heterocycles. The Morgan fingerprint density at radius 2 is 1.94 bits per heavy atom. The second-order valence-electron chi connectivity index (χ2n) is 4.08. The van der Waals surface area contributed by atoms with Crippen LogP contribution in [0.15, 0.2) is 42.5 Å². The van der Waals surface area contributed by atoms with E-state index in [1.54, 1.807) is 6.08 Å². The van der Waals surface area contributed by atoms with E-state index < -0.39 is 5.92 Å². The highest BCUT2D eigenvalue weighted by molar-refractivity contribution is 6.10. The van der Waals surface area contributed by atoms with Crippen LogP contribution in [-0.2, 0) is 0 Å². The van der Waals surface area contributed by atoms with Crippen LogP contribution in [0.4, 0.5) is 0 Å². The molecule has 1 aliphatic rings. The zero-order chi connectivity index (χ0) is 11.8. The van der Waals surface area contributed by atoms with Crippen molar-refractivity contribution in [2.24, 2.45) is 5.92 Å². The average molecular weight is 219 g/mol. The van der Waals surface area contributed by atoms with Gasteiger partial charge in [-0.1, -0.05) is 48.6 Å². The van der Waals surface area contributed by atoms with E-state index >= 15 is 0 Å². The molecule has 17 heavy (non-hydrogen) atoms. The van der Waals surface area contributed by atoms with Crippen molar-refractivity contribution in [3.05, 3.63) is 53.6 Å². The van der Waals surface area contributed by atoms with Gasteiger partial charge >= 0.3 is 0 Å². The maximum atomic E-state index is 12.0. The fourth-order valence-corrected chi connectivity index (χ4v) is 2.24. The summed E-state index contributed by atoms with van der Waals surface area (Å²) in [5, 5.41) is 11.0. The van der Waals surface area contributed by atoms with Gasteiger partial charge in [0.2, 0.25) is 0 Å². The standard InChI is InChI=1S/C15H9NO/c16-9-11-6-7-13-12-4-2-1-3-10(12)5-8-14(13)15(11)17/h1-8,11H. The van der Waals surface area contributed by atoms with Crippen molar-refractivity contribution in [2.45, 2.75) is 0 Å². The van der Waals surface area contributed by atoms with E-state index in [9.17, 15) is 4.79 Å². The number of nitriles is 1. The lowest BCUT2D eigenvalue weighted by Gasteiger charge is -2.15. The van der Waals surface area contributed by atoms with E-state index in [0.29, 0.717) is 5.56 Å². The monoisotopic (exact) mass is 219 g/mol. The summed E-state index contributed by atoms with van der Waals surface area (Å²) in [6.07, 6.45) is 3.56. The molecule has 0 bridgehead atoms. The summed E-state index contributed by atoms with van der Waals surface area (Å²) in [4.78, 5) is 12.0. The predicted octanol–water partition coefficient (Wildman–Crippen LogP) is 3.19. The van der Waals surface area contributed by atoms with Crippen molar-refractivity contribution in [2.75, 3.05) is 0 Å². The van der Waals surface area contributed by atoms with E-state index in [1.807, 2.05) is 48.5 Å². The summed E-state index contributed by atoms with van der Waals surface area (Å²) in [7, 11) is 0. The summed E-state index contributed by atoms with van der Waals surface area (Å²) in [6, 6.07) is 13.7. The molecule has 3 rings (SSSR count). The topological polar surface area (TPSA) is 40.9 Å².